The highest BCUT2D eigenvalue weighted by atomic mass is 32.2. The quantitative estimate of drug-likeness (QED) is 0.532. The van der Waals surface area contributed by atoms with Gasteiger partial charge in [0.25, 0.3) is 10.0 Å². The van der Waals surface area contributed by atoms with Crippen molar-refractivity contribution in [1.82, 2.24) is 9.62 Å². The van der Waals surface area contributed by atoms with E-state index in [4.69, 9.17) is 0 Å². The Kier molecular flexibility index (Phi) is 6.15. The Labute approximate surface area is 200 Å². The number of nitrogens with one attached hydrogen (secondary N) is 1. The molecule has 0 saturated heterocycles. The van der Waals surface area contributed by atoms with Gasteiger partial charge in [-0.15, -0.1) is 0 Å². The second kappa shape index (κ2) is 8.91. The van der Waals surface area contributed by atoms with Crippen molar-refractivity contribution in [1.29, 1.82) is 0 Å². The number of carbonyl (C=O) groups is 2. The highest BCUT2D eigenvalue weighted by molar-refractivity contribution is 7.89. The molecular formula is C27H26N2O4S. The first-order chi connectivity index (χ1) is 16.1. The zero-order chi connectivity index (χ0) is 24.5. The largest absolute Gasteiger partial charge is 0.378 e. The summed E-state index contributed by atoms with van der Waals surface area (Å²) in [6.07, 6.45) is 0. The van der Waals surface area contributed by atoms with Crippen LogP contribution in [0.15, 0.2) is 95.5 Å². The zero-order valence-electron chi connectivity index (χ0n) is 19.3. The fraction of sp³-hybridized carbons (Fsp3) is 0.185. The van der Waals surface area contributed by atoms with Crippen molar-refractivity contribution in [3.8, 4) is 0 Å². The van der Waals surface area contributed by atoms with Gasteiger partial charge >= 0.3 is 0 Å². The van der Waals surface area contributed by atoms with E-state index in [0.29, 0.717) is 22.4 Å². The monoisotopic (exact) mass is 474 g/mol. The van der Waals surface area contributed by atoms with E-state index in [1.807, 2.05) is 20.8 Å². The highest BCUT2D eigenvalue weighted by Crippen LogP contribution is 2.38. The lowest BCUT2D eigenvalue weighted by Gasteiger charge is -2.36. The molecule has 0 spiro atoms. The summed E-state index contributed by atoms with van der Waals surface area (Å²) in [6.45, 7) is 5.28. The Morgan fingerprint density at radius 2 is 1.32 bits per heavy atom. The third kappa shape index (κ3) is 4.52. The van der Waals surface area contributed by atoms with Crippen molar-refractivity contribution in [2.24, 2.45) is 0 Å². The van der Waals surface area contributed by atoms with Gasteiger partial charge < -0.3 is 5.32 Å². The predicted molar refractivity (Wildman–Crippen MR) is 132 cm³/mol. The summed E-state index contributed by atoms with van der Waals surface area (Å²) < 4.78 is 28.5. The Hall–Kier alpha value is -3.71. The molecule has 34 heavy (non-hydrogen) atoms. The molecule has 174 valence electrons. The summed E-state index contributed by atoms with van der Waals surface area (Å²) in [4.78, 5) is 27.0. The van der Waals surface area contributed by atoms with Crippen LogP contribution in [0.25, 0.3) is 5.70 Å². The molecule has 4 rings (SSSR count). The van der Waals surface area contributed by atoms with Crippen LogP contribution in [0.4, 0.5) is 0 Å². The molecule has 0 amide bonds. The number of carbonyl (C=O) groups excluding carboxylic acids is 2. The van der Waals surface area contributed by atoms with Crippen molar-refractivity contribution < 1.29 is 18.0 Å². The SMILES string of the molecule is CC(C)(C)NC1=C(C(=O)c2ccccc2)N(CC(=O)c2ccccc2)S(=O)(=O)c2ccccc21. The summed E-state index contributed by atoms with van der Waals surface area (Å²) in [5.74, 6) is -0.886. The second-order valence-electron chi connectivity index (χ2n) is 9.09. The molecular weight excluding hydrogens is 448 g/mol. The standard InChI is InChI=1S/C27H26N2O4S/c1-27(2,3)28-24-21-16-10-11-17-23(21)34(32,33)29(18-22(30)19-12-6-4-7-13-19)25(24)26(31)20-14-8-5-9-15-20/h4-17,28H,18H2,1-3H3. The normalized spacial score (nSPS) is 15.0. The number of sulfonamides is 1. The van der Waals surface area contributed by atoms with E-state index in [1.54, 1.807) is 78.9 Å². The highest BCUT2D eigenvalue weighted by Gasteiger charge is 2.41. The molecule has 0 fully saturated rings. The number of nitrogens with zero attached hydrogens (tertiary/aromatic N) is 1. The van der Waals surface area contributed by atoms with Crippen molar-refractivity contribution in [3.63, 3.8) is 0 Å². The molecule has 0 aliphatic carbocycles. The van der Waals surface area contributed by atoms with E-state index in [1.165, 1.54) is 6.07 Å². The first kappa shape index (κ1) is 23.4. The molecule has 1 heterocycles. The molecule has 0 aromatic heterocycles. The van der Waals surface area contributed by atoms with Gasteiger partial charge in [-0.2, -0.15) is 0 Å². The van der Waals surface area contributed by atoms with Gasteiger partial charge in [0, 0.05) is 22.2 Å². The van der Waals surface area contributed by atoms with Gasteiger partial charge in [-0.3, -0.25) is 13.9 Å². The summed E-state index contributed by atoms with van der Waals surface area (Å²) >= 11 is 0. The van der Waals surface area contributed by atoms with Crippen LogP contribution in [0.5, 0.6) is 0 Å². The smallest absolute Gasteiger partial charge is 0.265 e. The lowest BCUT2D eigenvalue weighted by Crippen LogP contribution is -2.45. The van der Waals surface area contributed by atoms with Gasteiger partial charge in [0.2, 0.25) is 5.78 Å². The Morgan fingerprint density at radius 1 is 0.794 bits per heavy atom. The lowest BCUT2D eigenvalue weighted by molar-refractivity contribution is 0.0958. The minimum Gasteiger partial charge on any atom is -0.378 e. The van der Waals surface area contributed by atoms with Gasteiger partial charge in [0.05, 0.1) is 17.1 Å². The summed E-state index contributed by atoms with van der Waals surface area (Å²) in [5, 5.41) is 3.34. The molecule has 0 atom stereocenters. The first-order valence-electron chi connectivity index (χ1n) is 10.9. The molecule has 1 N–H and O–H groups in total. The zero-order valence-corrected chi connectivity index (χ0v) is 20.1. The Balaban J connectivity index is 1.97. The number of hydrogen-bond donors (Lipinski definition) is 1. The maximum atomic E-state index is 13.8. The summed E-state index contributed by atoms with van der Waals surface area (Å²) in [6, 6.07) is 23.5. The molecule has 0 radical (unpaired) electrons. The number of ketones is 2. The molecule has 3 aromatic rings. The van der Waals surface area contributed by atoms with Crippen LogP contribution in [-0.2, 0) is 10.0 Å². The molecule has 1 aliphatic rings. The van der Waals surface area contributed by atoms with Crippen molar-refractivity contribution in [3.05, 3.63) is 107 Å². The van der Waals surface area contributed by atoms with Crippen molar-refractivity contribution >= 4 is 27.3 Å². The molecule has 0 bridgehead atoms. The van der Waals surface area contributed by atoms with E-state index in [9.17, 15) is 18.0 Å². The number of benzene rings is 3. The number of rotatable bonds is 6. The Morgan fingerprint density at radius 3 is 1.91 bits per heavy atom. The van der Waals surface area contributed by atoms with Crippen LogP contribution in [-0.4, -0.2) is 36.4 Å². The van der Waals surface area contributed by atoms with E-state index in [0.717, 1.165) is 4.31 Å². The van der Waals surface area contributed by atoms with E-state index < -0.39 is 33.7 Å². The van der Waals surface area contributed by atoms with Crippen LogP contribution in [0.3, 0.4) is 0 Å². The second-order valence-corrected chi connectivity index (χ2v) is 10.9. The molecule has 0 unspecified atom stereocenters. The van der Waals surface area contributed by atoms with Gasteiger partial charge in [0.1, 0.15) is 5.70 Å². The van der Waals surface area contributed by atoms with Gasteiger partial charge in [0.15, 0.2) is 5.78 Å². The molecule has 1 aliphatic heterocycles. The average Bonchev–Trinajstić information content (AvgIpc) is 2.82. The minimum atomic E-state index is -4.18. The van der Waals surface area contributed by atoms with Gasteiger partial charge in [-0.05, 0) is 26.8 Å². The van der Waals surface area contributed by atoms with E-state index in [-0.39, 0.29) is 10.6 Å². The van der Waals surface area contributed by atoms with Gasteiger partial charge in [-0.25, -0.2) is 8.42 Å². The third-order valence-electron chi connectivity index (χ3n) is 5.34. The molecule has 6 nitrogen and oxygen atoms in total. The van der Waals surface area contributed by atoms with E-state index in [2.05, 4.69) is 5.32 Å². The fourth-order valence-corrected chi connectivity index (χ4v) is 5.49. The average molecular weight is 475 g/mol. The van der Waals surface area contributed by atoms with E-state index >= 15 is 0 Å². The third-order valence-corrected chi connectivity index (χ3v) is 7.15. The molecule has 3 aromatic carbocycles. The van der Waals surface area contributed by atoms with Crippen LogP contribution < -0.4 is 5.32 Å². The number of fused-ring (bicyclic) bond motifs is 1. The topological polar surface area (TPSA) is 83.6 Å². The molecule has 0 saturated carbocycles. The number of Topliss-reactive ketones (excluding diaryl/α,β-unsaturated/α-hetero) is 2. The number of allylic oxidation sites excluding steroid dienone is 1. The fourth-order valence-electron chi connectivity index (χ4n) is 3.85. The maximum Gasteiger partial charge on any atom is 0.265 e. The van der Waals surface area contributed by atoms with Crippen LogP contribution in [0, 0.1) is 0 Å². The minimum absolute atomic E-state index is 0.0484. The van der Waals surface area contributed by atoms with Crippen LogP contribution >= 0.6 is 0 Å². The first-order valence-corrected chi connectivity index (χ1v) is 12.4. The lowest BCUT2D eigenvalue weighted by atomic mass is 9.99. The summed E-state index contributed by atoms with van der Waals surface area (Å²) in [5.41, 5.74) is 0.934. The van der Waals surface area contributed by atoms with Crippen LogP contribution in [0.2, 0.25) is 0 Å². The number of hydrogen-bond acceptors (Lipinski definition) is 5. The van der Waals surface area contributed by atoms with Crippen LogP contribution in [0.1, 0.15) is 47.1 Å². The van der Waals surface area contributed by atoms with Crippen molar-refractivity contribution in [2.45, 2.75) is 31.2 Å². The maximum absolute atomic E-state index is 13.8. The Bertz CT molecular complexity index is 1370. The molecule has 7 heteroatoms. The van der Waals surface area contributed by atoms with Crippen molar-refractivity contribution in [2.75, 3.05) is 6.54 Å². The van der Waals surface area contributed by atoms with Gasteiger partial charge in [-0.1, -0.05) is 78.9 Å². The summed E-state index contributed by atoms with van der Waals surface area (Å²) in [7, 11) is -4.18. The predicted octanol–water partition coefficient (Wildman–Crippen LogP) is 4.51.